The van der Waals surface area contributed by atoms with Crippen LogP contribution in [0.5, 0.6) is 11.5 Å². The molecule has 7 nitrogen and oxygen atoms in total. The third-order valence-electron chi connectivity index (χ3n) is 5.19. The van der Waals surface area contributed by atoms with Gasteiger partial charge in [-0.2, -0.15) is 0 Å². The molecule has 1 aromatic carbocycles. The molecule has 0 amide bonds. The average molecular weight is 563 g/mol. The molecule has 0 saturated heterocycles. The molecule has 1 aliphatic heterocycles. The van der Waals surface area contributed by atoms with Crippen LogP contribution in [-0.2, 0) is 9.53 Å². The summed E-state index contributed by atoms with van der Waals surface area (Å²) in [7, 11) is 1.57. The van der Waals surface area contributed by atoms with E-state index in [9.17, 15) is 9.59 Å². The number of ether oxygens (including phenoxy) is 3. The van der Waals surface area contributed by atoms with Crippen LogP contribution in [-0.4, -0.2) is 30.9 Å². The third-order valence-corrected chi connectivity index (χ3v) is 7.74. The molecule has 2 aromatic heterocycles. The van der Waals surface area contributed by atoms with Crippen molar-refractivity contribution in [2.24, 2.45) is 4.99 Å². The topological polar surface area (TPSA) is 79.1 Å². The highest BCUT2D eigenvalue weighted by atomic mass is 79.9. The third kappa shape index (κ3) is 4.62. The molecule has 0 spiro atoms. The largest absolute Gasteiger partial charge is 0.493 e. The number of methoxy groups -OCH3 is 1. The van der Waals surface area contributed by atoms with E-state index in [1.165, 1.54) is 22.7 Å². The first-order valence-corrected chi connectivity index (χ1v) is 13.1. The molecule has 1 atom stereocenters. The minimum atomic E-state index is -0.711. The molecule has 1 aliphatic rings. The van der Waals surface area contributed by atoms with Crippen molar-refractivity contribution >= 4 is 50.6 Å². The number of thiazole rings is 1. The van der Waals surface area contributed by atoms with E-state index in [1.54, 1.807) is 37.7 Å². The molecule has 3 heterocycles. The number of thiophene rings is 1. The van der Waals surface area contributed by atoms with Crippen molar-refractivity contribution in [1.82, 2.24) is 4.57 Å². The molecule has 0 radical (unpaired) electrons. The lowest BCUT2D eigenvalue weighted by molar-refractivity contribution is -0.139. The van der Waals surface area contributed by atoms with E-state index in [4.69, 9.17) is 14.2 Å². The van der Waals surface area contributed by atoms with Gasteiger partial charge >= 0.3 is 5.97 Å². The Morgan fingerprint density at radius 2 is 1.97 bits per heavy atom. The molecule has 178 valence electrons. The zero-order valence-electron chi connectivity index (χ0n) is 19.1. The average Bonchev–Trinajstić information content (AvgIpc) is 3.35. The first-order valence-electron chi connectivity index (χ1n) is 10.6. The standard InChI is InChI=1S/C24H23BrN2O5S2/c1-5-31-17-11-14(7-9-16(17)30-4)21-20(23(29)32-6-2)13(3)26-24-27(21)22(28)18(34-24)12-15-8-10-19(25)33-15/h7-12,21H,5-6H2,1-4H3/b18-12+/t21-/m1/s1. The number of nitrogens with zero attached hydrogens (tertiary/aromatic N) is 2. The van der Waals surface area contributed by atoms with E-state index in [2.05, 4.69) is 20.9 Å². The predicted molar refractivity (Wildman–Crippen MR) is 137 cm³/mol. The Bertz CT molecular complexity index is 1450. The highest BCUT2D eigenvalue weighted by molar-refractivity contribution is 9.11. The van der Waals surface area contributed by atoms with Gasteiger partial charge in [0.05, 0.1) is 46.0 Å². The maximum absolute atomic E-state index is 13.6. The normalized spacial score (nSPS) is 15.7. The molecule has 0 bridgehead atoms. The van der Waals surface area contributed by atoms with Gasteiger partial charge in [0.15, 0.2) is 16.3 Å². The number of fused-ring (bicyclic) bond motifs is 1. The minimum absolute atomic E-state index is 0.215. The van der Waals surface area contributed by atoms with Gasteiger partial charge in [-0.15, -0.1) is 11.3 Å². The van der Waals surface area contributed by atoms with Crippen molar-refractivity contribution in [3.63, 3.8) is 0 Å². The summed E-state index contributed by atoms with van der Waals surface area (Å²) in [6.45, 7) is 6.05. The van der Waals surface area contributed by atoms with Crippen LogP contribution in [0, 0.1) is 0 Å². The number of carbonyl (C=O) groups excluding carboxylic acids is 1. The van der Waals surface area contributed by atoms with E-state index in [0.29, 0.717) is 44.3 Å². The maximum atomic E-state index is 13.6. The van der Waals surface area contributed by atoms with Gasteiger partial charge in [-0.05, 0) is 72.6 Å². The van der Waals surface area contributed by atoms with E-state index in [1.807, 2.05) is 31.2 Å². The number of rotatable bonds is 7. The fraction of sp³-hybridized carbons (Fsp3) is 0.292. The zero-order chi connectivity index (χ0) is 24.4. The summed E-state index contributed by atoms with van der Waals surface area (Å²) >= 11 is 6.29. The lowest BCUT2D eigenvalue weighted by Gasteiger charge is -2.25. The summed E-state index contributed by atoms with van der Waals surface area (Å²) in [6, 6.07) is 8.58. The fourth-order valence-corrected chi connectivity index (χ4v) is 6.25. The van der Waals surface area contributed by atoms with Crippen molar-refractivity contribution in [3.8, 4) is 11.5 Å². The molecule has 34 heavy (non-hydrogen) atoms. The molecule has 3 aromatic rings. The number of esters is 1. The Balaban J connectivity index is 1.96. The van der Waals surface area contributed by atoms with Crippen LogP contribution in [0.15, 0.2) is 55.2 Å². The summed E-state index contributed by atoms with van der Waals surface area (Å²) in [5.74, 6) is 0.601. The molecule has 0 unspecified atom stereocenters. The van der Waals surface area contributed by atoms with Crippen LogP contribution < -0.4 is 24.4 Å². The monoisotopic (exact) mass is 562 g/mol. The number of hydrogen-bond donors (Lipinski definition) is 0. The van der Waals surface area contributed by atoms with E-state index in [0.717, 1.165) is 8.66 Å². The van der Waals surface area contributed by atoms with Crippen LogP contribution in [0.1, 0.15) is 37.3 Å². The zero-order valence-corrected chi connectivity index (χ0v) is 22.3. The number of aromatic nitrogens is 1. The van der Waals surface area contributed by atoms with Crippen molar-refractivity contribution < 1.29 is 19.0 Å². The van der Waals surface area contributed by atoms with E-state index in [-0.39, 0.29) is 12.2 Å². The Kier molecular flexibility index (Phi) is 7.39. The van der Waals surface area contributed by atoms with Crippen molar-refractivity contribution in [2.75, 3.05) is 20.3 Å². The van der Waals surface area contributed by atoms with Gasteiger partial charge in [0, 0.05) is 4.88 Å². The number of carbonyl (C=O) groups is 1. The lowest BCUT2D eigenvalue weighted by atomic mass is 9.95. The molecule has 10 heteroatoms. The molecular weight excluding hydrogens is 540 g/mol. The van der Waals surface area contributed by atoms with Crippen molar-refractivity contribution in [3.05, 3.63) is 75.5 Å². The summed E-state index contributed by atoms with van der Waals surface area (Å²) < 4.78 is 19.6. The SMILES string of the molecule is CCOC(=O)C1=C(C)N=c2s/c(=C/c3ccc(Br)s3)c(=O)n2[C@@H]1c1ccc(OC)c(OCC)c1. The Morgan fingerprint density at radius 1 is 1.18 bits per heavy atom. The minimum Gasteiger partial charge on any atom is -0.493 e. The van der Waals surface area contributed by atoms with Crippen LogP contribution in [0.2, 0.25) is 0 Å². The second kappa shape index (κ2) is 10.3. The number of benzene rings is 1. The smallest absolute Gasteiger partial charge is 0.338 e. The quantitative estimate of drug-likeness (QED) is 0.406. The highest BCUT2D eigenvalue weighted by Crippen LogP contribution is 2.36. The van der Waals surface area contributed by atoms with Gasteiger partial charge in [0.2, 0.25) is 0 Å². The van der Waals surface area contributed by atoms with Gasteiger partial charge in [-0.25, -0.2) is 9.79 Å². The summed E-state index contributed by atoms with van der Waals surface area (Å²) in [4.78, 5) is 32.7. The number of halogens is 1. The second-order valence-corrected chi connectivity index (χ2v) is 10.8. The lowest BCUT2D eigenvalue weighted by Crippen LogP contribution is -2.39. The Hall–Kier alpha value is -2.69. The van der Waals surface area contributed by atoms with Crippen LogP contribution in [0.25, 0.3) is 6.08 Å². The predicted octanol–water partition coefficient (Wildman–Crippen LogP) is 4.03. The molecule has 0 fully saturated rings. The first-order chi connectivity index (χ1) is 16.4. The van der Waals surface area contributed by atoms with Gasteiger partial charge in [0.1, 0.15) is 0 Å². The summed E-state index contributed by atoms with van der Waals surface area (Å²) in [6.07, 6.45) is 1.85. The van der Waals surface area contributed by atoms with Crippen LogP contribution >= 0.6 is 38.6 Å². The van der Waals surface area contributed by atoms with Gasteiger partial charge in [-0.1, -0.05) is 17.4 Å². The number of allylic oxidation sites excluding steroid dienone is 1. The fourth-order valence-electron chi connectivity index (χ4n) is 3.77. The molecule has 4 rings (SSSR count). The van der Waals surface area contributed by atoms with Gasteiger partial charge in [0.25, 0.3) is 5.56 Å². The maximum Gasteiger partial charge on any atom is 0.338 e. The second-order valence-electron chi connectivity index (χ2n) is 7.29. The molecule has 0 aliphatic carbocycles. The van der Waals surface area contributed by atoms with Crippen LogP contribution in [0.4, 0.5) is 0 Å². The van der Waals surface area contributed by atoms with E-state index >= 15 is 0 Å². The van der Waals surface area contributed by atoms with Gasteiger partial charge < -0.3 is 14.2 Å². The summed E-state index contributed by atoms with van der Waals surface area (Å²) in [5.41, 5.74) is 1.32. The van der Waals surface area contributed by atoms with Crippen LogP contribution in [0.3, 0.4) is 0 Å². The number of hydrogen-bond acceptors (Lipinski definition) is 8. The molecular formula is C24H23BrN2O5S2. The van der Waals surface area contributed by atoms with E-state index < -0.39 is 12.0 Å². The molecule has 0 N–H and O–H groups in total. The molecule has 0 saturated carbocycles. The Morgan fingerprint density at radius 3 is 2.62 bits per heavy atom. The van der Waals surface area contributed by atoms with Crippen molar-refractivity contribution in [2.45, 2.75) is 26.8 Å². The Labute approximate surface area is 212 Å². The van der Waals surface area contributed by atoms with Gasteiger partial charge in [-0.3, -0.25) is 9.36 Å². The summed E-state index contributed by atoms with van der Waals surface area (Å²) in [5, 5.41) is 0. The van der Waals surface area contributed by atoms with Crippen molar-refractivity contribution in [1.29, 1.82) is 0 Å². The highest BCUT2D eigenvalue weighted by Gasteiger charge is 2.34. The first kappa shape index (κ1) is 24.4.